The first-order valence-electron chi connectivity index (χ1n) is 6.42. The second kappa shape index (κ2) is 6.22. The van der Waals surface area contributed by atoms with Gasteiger partial charge in [-0.2, -0.15) is 0 Å². The van der Waals surface area contributed by atoms with Crippen LogP contribution < -0.4 is 10.1 Å². The molecule has 102 valence electrons. The zero-order valence-electron chi connectivity index (χ0n) is 11.1. The van der Waals surface area contributed by atoms with Crippen molar-refractivity contribution in [3.63, 3.8) is 0 Å². The van der Waals surface area contributed by atoms with E-state index in [1.165, 1.54) is 0 Å². The van der Waals surface area contributed by atoms with Gasteiger partial charge in [-0.15, -0.1) is 6.58 Å². The van der Waals surface area contributed by atoms with E-state index in [1.54, 1.807) is 17.2 Å². The number of aryl methyl sites for hydroxylation is 1. The molecule has 1 fully saturated rings. The highest BCUT2D eigenvalue weighted by atomic mass is 16.5. The molecule has 0 aliphatic carbocycles. The van der Waals surface area contributed by atoms with Gasteiger partial charge in [-0.05, 0) is 12.5 Å². The molecule has 1 unspecified atom stereocenters. The summed E-state index contributed by atoms with van der Waals surface area (Å²) in [5.41, 5.74) is 1.10. The molecular weight excluding hydrogens is 242 g/mol. The Morgan fingerprint density at radius 1 is 1.68 bits per heavy atom. The molecule has 1 aliphatic rings. The summed E-state index contributed by atoms with van der Waals surface area (Å²) in [6, 6.07) is 3.75. The van der Waals surface area contributed by atoms with E-state index < -0.39 is 0 Å². The molecule has 5 heteroatoms. The molecular formula is C14H19N3O2. The molecule has 1 atom stereocenters. The van der Waals surface area contributed by atoms with Gasteiger partial charge in [0.1, 0.15) is 6.10 Å². The number of carbonyl (C=O) groups excluding carboxylic acids is 1. The van der Waals surface area contributed by atoms with Crippen LogP contribution in [0, 0.1) is 6.92 Å². The van der Waals surface area contributed by atoms with E-state index >= 15 is 0 Å². The lowest BCUT2D eigenvalue weighted by Gasteiger charge is -2.17. The first kappa shape index (κ1) is 13.4. The van der Waals surface area contributed by atoms with E-state index in [9.17, 15) is 4.79 Å². The van der Waals surface area contributed by atoms with Crippen molar-refractivity contribution in [2.45, 2.75) is 19.4 Å². The lowest BCUT2D eigenvalue weighted by atomic mass is 10.3. The molecule has 0 saturated carbocycles. The third-order valence-electron chi connectivity index (χ3n) is 3.00. The van der Waals surface area contributed by atoms with Crippen molar-refractivity contribution in [2.75, 3.05) is 19.6 Å². The van der Waals surface area contributed by atoms with Crippen LogP contribution >= 0.6 is 0 Å². The van der Waals surface area contributed by atoms with Crippen LogP contribution in [0.3, 0.4) is 0 Å². The topological polar surface area (TPSA) is 54.5 Å². The summed E-state index contributed by atoms with van der Waals surface area (Å²) in [6.07, 6.45) is 4.29. The van der Waals surface area contributed by atoms with Crippen molar-refractivity contribution >= 4 is 6.03 Å². The zero-order valence-corrected chi connectivity index (χ0v) is 11.1. The predicted octanol–water partition coefficient (Wildman–Crippen LogP) is 1.74. The second-order valence-corrected chi connectivity index (χ2v) is 4.62. The van der Waals surface area contributed by atoms with Crippen molar-refractivity contribution in [3.8, 4) is 5.88 Å². The third-order valence-corrected chi connectivity index (χ3v) is 3.00. The Balaban J connectivity index is 1.83. The first-order valence-corrected chi connectivity index (χ1v) is 6.42. The number of hydrogen-bond donors (Lipinski definition) is 1. The molecule has 0 spiro atoms. The van der Waals surface area contributed by atoms with Gasteiger partial charge in [0.25, 0.3) is 0 Å². The monoisotopic (exact) mass is 261 g/mol. The molecule has 1 aromatic rings. The van der Waals surface area contributed by atoms with Crippen molar-refractivity contribution < 1.29 is 9.53 Å². The number of hydrogen-bond acceptors (Lipinski definition) is 3. The van der Waals surface area contributed by atoms with E-state index in [4.69, 9.17) is 4.74 Å². The van der Waals surface area contributed by atoms with Gasteiger partial charge in [0.05, 0.1) is 6.54 Å². The quantitative estimate of drug-likeness (QED) is 0.840. The standard InChI is InChI=1S/C14H19N3O2/c1-3-7-15-14(18)17-8-6-12(10-17)19-13-5-4-11(2)9-16-13/h3-5,9,12H,1,6-8,10H2,2H3,(H,15,18). The predicted molar refractivity (Wildman–Crippen MR) is 73.2 cm³/mol. The molecule has 1 saturated heterocycles. The smallest absolute Gasteiger partial charge is 0.317 e. The SMILES string of the molecule is C=CCNC(=O)N1CCC(Oc2ccc(C)cn2)C1. The summed E-state index contributed by atoms with van der Waals surface area (Å²) >= 11 is 0. The van der Waals surface area contributed by atoms with Crippen LogP contribution in [0.4, 0.5) is 4.79 Å². The van der Waals surface area contributed by atoms with Gasteiger partial charge >= 0.3 is 6.03 Å². The van der Waals surface area contributed by atoms with Crippen LogP contribution in [0.25, 0.3) is 0 Å². The largest absolute Gasteiger partial charge is 0.472 e. The lowest BCUT2D eigenvalue weighted by molar-refractivity contribution is 0.184. The fraction of sp³-hybridized carbons (Fsp3) is 0.429. The normalized spacial score (nSPS) is 18.2. The number of amides is 2. The molecule has 1 aliphatic heterocycles. The molecule has 1 N–H and O–H groups in total. The Hall–Kier alpha value is -2.04. The lowest BCUT2D eigenvalue weighted by Crippen LogP contribution is -2.39. The minimum atomic E-state index is -0.0668. The van der Waals surface area contributed by atoms with Gasteiger partial charge in [-0.3, -0.25) is 0 Å². The molecule has 0 bridgehead atoms. The average molecular weight is 261 g/mol. The highest BCUT2D eigenvalue weighted by molar-refractivity contribution is 5.74. The number of carbonyl (C=O) groups is 1. The molecule has 0 radical (unpaired) electrons. The Morgan fingerprint density at radius 3 is 3.21 bits per heavy atom. The van der Waals surface area contributed by atoms with Gasteiger partial charge in [0.2, 0.25) is 5.88 Å². The number of pyridine rings is 1. The maximum atomic E-state index is 11.7. The Kier molecular flexibility index (Phi) is 4.39. The summed E-state index contributed by atoms with van der Waals surface area (Å²) in [6.45, 7) is 7.35. The third kappa shape index (κ3) is 3.71. The van der Waals surface area contributed by atoms with Crippen LogP contribution in [0.2, 0.25) is 0 Å². The molecule has 2 heterocycles. The van der Waals surface area contributed by atoms with Crippen LogP contribution in [0.5, 0.6) is 5.88 Å². The van der Waals surface area contributed by atoms with E-state index in [-0.39, 0.29) is 12.1 Å². The number of rotatable bonds is 4. The van der Waals surface area contributed by atoms with Crippen molar-refractivity contribution in [3.05, 3.63) is 36.5 Å². The van der Waals surface area contributed by atoms with Crippen LogP contribution in [-0.2, 0) is 0 Å². The Labute approximate surface area is 113 Å². The number of urea groups is 1. The van der Waals surface area contributed by atoms with Crippen LogP contribution in [-0.4, -0.2) is 41.7 Å². The summed E-state index contributed by atoms with van der Waals surface area (Å²) in [4.78, 5) is 17.7. The number of aromatic nitrogens is 1. The number of nitrogens with one attached hydrogen (secondary N) is 1. The van der Waals surface area contributed by atoms with Gasteiger partial charge in [-0.1, -0.05) is 12.1 Å². The van der Waals surface area contributed by atoms with Crippen LogP contribution in [0.15, 0.2) is 31.0 Å². The zero-order chi connectivity index (χ0) is 13.7. The maximum Gasteiger partial charge on any atom is 0.317 e. The number of ether oxygens (including phenoxy) is 1. The summed E-state index contributed by atoms with van der Waals surface area (Å²) in [7, 11) is 0. The molecule has 2 amide bonds. The molecule has 0 aromatic carbocycles. The summed E-state index contributed by atoms with van der Waals surface area (Å²) < 4.78 is 5.76. The van der Waals surface area contributed by atoms with Crippen molar-refractivity contribution in [1.82, 2.24) is 15.2 Å². The van der Waals surface area contributed by atoms with Crippen molar-refractivity contribution in [1.29, 1.82) is 0 Å². The highest BCUT2D eigenvalue weighted by Gasteiger charge is 2.27. The molecule has 19 heavy (non-hydrogen) atoms. The van der Waals surface area contributed by atoms with E-state index in [2.05, 4.69) is 16.9 Å². The Bertz CT molecular complexity index is 445. The van der Waals surface area contributed by atoms with Gasteiger partial charge in [-0.25, -0.2) is 9.78 Å². The van der Waals surface area contributed by atoms with E-state index in [0.29, 0.717) is 25.5 Å². The Morgan fingerprint density at radius 2 is 2.53 bits per heavy atom. The summed E-state index contributed by atoms with van der Waals surface area (Å²) in [5, 5.41) is 2.76. The molecule has 1 aromatic heterocycles. The van der Waals surface area contributed by atoms with Gasteiger partial charge < -0.3 is 15.0 Å². The fourth-order valence-electron chi connectivity index (χ4n) is 1.97. The van der Waals surface area contributed by atoms with Crippen LogP contribution in [0.1, 0.15) is 12.0 Å². The fourth-order valence-corrected chi connectivity index (χ4v) is 1.97. The second-order valence-electron chi connectivity index (χ2n) is 4.62. The van der Waals surface area contributed by atoms with Gasteiger partial charge in [0.15, 0.2) is 0 Å². The number of nitrogens with zero attached hydrogens (tertiary/aromatic N) is 2. The average Bonchev–Trinajstić information content (AvgIpc) is 2.87. The van der Waals surface area contributed by atoms with Crippen molar-refractivity contribution in [2.24, 2.45) is 0 Å². The molecule has 5 nitrogen and oxygen atoms in total. The van der Waals surface area contributed by atoms with E-state index in [0.717, 1.165) is 12.0 Å². The minimum absolute atomic E-state index is 0.0182. The van der Waals surface area contributed by atoms with Gasteiger partial charge in [0, 0.05) is 31.8 Å². The summed E-state index contributed by atoms with van der Waals surface area (Å²) in [5.74, 6) is 0.615. The van der Waals surface area contributed by atoms with E-state index in [1.807, 2.05) is 19.1 Å². The highest BCUT2D eigenvalue weighted by Crippen LogP contribution is 2.16. The molecule has 2 rings (SSSR count). The maximum absolute atomic E-state index is 11.7. The minimum Gasteiger partial charge on any atom is -0.472 e. The number of likely N-dealkylation sites (tertiary alicyclic amines) is 1. The first-order chi connectivity index (χ1) is 9.19.